The lowest BCUT2D eigenvalue weighted by molar-refractivity contribution is 0.218. The van der Waals surface area contributed by atoms with Crippen molar-refractivity contribution in [2.75, 3.05) is 6.61 Å². The Balaban J connectivity index is 1.57. The summed E-state index contributed by atoms with van der Waals surface area (Å²) >= 11 is 1.71. The van der Waals surface area contributed by atoms with Crippen molar-refractivity contribution >= 4 is 21.6 Å². The first-order chi connectivity index (χ1) is 12.9. The quantitative estimate of drug-likeness (QED) is 0.658. The number of benzene rings is 1. The molecule has 0 fully saturated rings. The number of hydrogen-bond donors (Lipinski definition) is 0. The van der Waals surface area contributed by atoms with E-state index in [4.69, 9.17) is 4.74 Å². The van der Waals surface area contributed by atoms with Crippen molar-refractivity contribution in [3.8, 4) is 5.75 Å². The van der Waals surface area contributed by atoms with Gasteiger partial charge in [-0.2, -0.15) is 0 Å². The predicted molar refractivity (Wildman–Crippen MR) is 111 cm³/mol. The maximum absolute atomic E-state index is 13.1. The molecule has 0 spiro atoms. The number of nitrogens with zero attached hydrogens (tertiary/aromatic N) is 2. The van der Waals surface area contributed by atoms with Crippen LogP contribution in [0.15, 0.2) is 41.5 Å². The minimum atomic E-state index is 0.0726. The summed E-state index contributed by atoms with van der Waals surface area (Å²) in [7, 11) is 0. The summed E-state index contributed by atoms with van der Waals surface area (Å²) in [4.78, 5) is 19.9. The second-order valence-corrected chi connectivity index (χ2v) is 9.48. The largest absolute Gasteiger partial charge is 0.492 e. The molecule has 0 amide bonds. The number of hydrogen-bond acceptors (Lipinski definition) is 4. The number of rotatable bonds is 4. The van der Waals surface area contributed by atoms with Crippen molar-refractivity contribution in [1.82, 2.24) is 9.55 Å². The highest BCUT2D eigenvalue weighted by atomic mass is 32.1. The first-order valence-electron chi connectivity index (χ1n) is 9.61. The maximum atomic E-state index is 13.1. The molecule has 1 atom stereocenters. The van der Waals surface area contributed by atoms with Crippen LogP contribution in [0.1, 0.15) is 37.6 Å². The molecule has 2 heterocycles. The van der Waals surface area contributed by atoms with Crippen molar-refractivity contribution in [3.05, 3.63) is 57.5 Å². The number of fused-ring (bicyclic) bond motifs is 3. The average molecular weight is 383 g/mol. The van der Waals surface area contributed by atoms with E-state index in [-0.39, 0.29) is 5.56 Å². The van der Waals surface area contributed by atoms with E-state index in [1.165, 1.54) is 10.4 Å². The van der Waals surface area contributed by atoms with Gasteiger partial charge in [0.15, 0.2) is 0 Å². The molecule has 0 radical (unpaired) electrons. The molecule has 0 bridgehead atoms. The maximum Gasteiger partial charge on any atom is 0.262 e. The molecular formula is C22H26N2O2S. The van der Waals surface area contributed by atoms with Crippen molar-refractivity contribution < 1.29 is 4.74 Å². The fourth-order valence-electron chi connectivity index (χ4n) is 3.88. The monoisotopic (exact) mass is 382 g/mol. The van der Waals surface area contributed by atoms with Gasteiger partial charge in [0.1, 0.15) is 17.2 Å². The zero-order valence-corrected chi connectivity index (χ0v) is 17.0. The minimum absolute atomic E-state index is 0.0726. The molecule has 27 heavy (non-hydrogen) atoms. The lowest BCUT2D eigenvalue weighted by Crippen LogP contribution is -2.27. The van der Waals surface area contributed by atoms with Crippen molar-refractivity contribution in [2.24, 2.45) is 11.3 Å². The smallest absolute Gasteiger partial charge is 0.262 e. The molecule has 0 saturated heterocycles. The van der Waals surface area contributed by atoms with Gasteiger partial charge < -0.3 is 4.74 Å². The van der Waals surface area contributed by atoms with Crippen LogP contribution in [-0.2, 0) is 19.4 Å². The third kappa shape index (κ3) is 3.65. The van der Waals surface area contributed by atoms with Gasteiger partial charge in [0.2, 0.25) is 0 Å². The molecule has 0 aliphatic heterocycles. The number of thiophene rings is 1. The third-order valence-corrected chi connectivity index (χ3v) is 6.77. The molecule has 3 aromatic rings. The van der Waals surface area contributed by atoms with Gasteiger partial charge in [-0.1, -0.05) is 39.0 Å². The molecule has 5 heteroatoms. The predicted octanol–water partition coefficient (Wildman–Crippen LogP) is 4.69. The molecule has 2 aromatic heterocycles. The van der Waals surface area contributed by atoms with Crippen molar-refractivity contribution in [2.45, 2.75) is 46.6 Å². The highest BCUT2D eigenvalue weighted by molar-refractivity contribution is 7.18. The van der Waals surface area contributed by atoms with E-state index in [0.29, 0.717) is 24.5 Å². The fraction of sp³-hybridized carbons (Fsp3) is 0.455. The highest BCUT2D eigenvalue weighted by Gasteiger charge is 2.31. The average Bonchev–Trinajstić information content (AvgIpc) is 3.02. The summed E-state index contributed by atoms with van der Waals surface area (Å²) < 4.78 is 7.43. The zero-order valence-electron chi connectivity index (χ0n) is 16.2. The first-order valence-corrected chi connectivity index (χ1v) is 10.4. The molecule has 4 rings (SSSR count). The van der Waals surface area contributed by atoms with E-state index in [1.54, 1.807) is 22.2 Å². The van der Waals surface area contributed by atoms with Crippen LogP contribution in [0.4, 0.5) is 0 Å². The molecular weight excluding hydrogens is 356 g/mol. The summed E-state index contributed by atoms with van der Waals surface area (Å²) in [5.41, 5.74) is 1.62. The van der Waals surface area contributed by atoms with E-state index >= 15 is 0 Å². The lowest BCUT2D eigenvalue weighted by atomic mass is 9.72. The van der Waals surface area contributed by atoms with Crippen molar-refractivity contribution in [1.29, 1.82) is 0 Å². The molecule has 1 unspecified atom stereocenters. The summed E-state index contributed by atoms with van der Waals surface area (Å²) in [6, 6.07) is 9.69. The third-order valence-electron chi connectivity index (χ3n) is 5.60. The molecule has 1 aliphatic rings. The summed E-state index contributed by atoms with van der Waals surface area (Å²) in [5.74, 6) is 1.49. The Kier molecular flexibility index (Phi) is 4.81. The Bertz CT molecular complexity index is 999. The SMILES string of the molecule is CC(C)(C)C1CCc2c(sc3ncn(CCOc4ccccc4)c(=O)c23)C1. The topological polar surface area (TPSA) is 44.1 Å². The zero-order chi connectivity index (χ0) is 19.0. The first kappa shape index (κ1) is 18.2. The Morgan fingerprint density at radius 3 is 2.78 bits per heavy atom. The second-order valence-electron chi connectivity index (χ2n) is 8.39. The molecule has 142 valence electrons. The van der Waals surface area contributed by atoms with Crippen LogP contribution in [0.5, 0.6) is 5.75 Å². The van der Waals surface area contributed by atoms with Crippen LogP contribution in [0.3, 0.4) is 0 Å². The summed E-state index contributed by atoms with van der Waals surface area (Å²) in [5, 5.41) is 0.838. The van der Waals surface area contributed by atoms with Gasteiger partial charge in [-0.15, -0.1) is 11.3 Å². The highest BCUT2D eigenvalue weighted by Crippen LogP contribution is 2.41. The molecule has 1 aromatic carbocycles. The molecule has 0 N–H and O–H groups in total. The van der Waals surface area contributed by atoms with E-state index in [9.17, 15) is 4.79 Å². The van der Waals surface area contributed by atoms with Crippen LogP contribution < -0.4 is 10.3 Å². The fourth-order valence-corrected chi connectivity index (χ4v) is 5.14. The van der Waals surface area contributed by atoms with Crippen LogP contribution in [0, 0.1) is 11.3 Å². The van der Waals surface area contributed by atoms with Crippen LogP contribution in [-0.4, -0.2) is 16.2 Å². The number of ether oxygens (including phenoxy) is 1. The van der Waals surface area contributed by atoms with Gasteiger partial charge in [-0.25, -0.2) is 4.98 Å². The lowest BCUT2D eigenvalue weighted by Gasteiger charge is -2.33. The van der Waals surface area contributed by atoms with Gasteiger partial charge >= 0.3 is 0 Å². The second kappa shape index (κ2) is 7.12. The van der Waals surface area contributed by atoms with E-state index in [1.807, 2.05) is 30.3 Å². The number of aryl methyl sites for hydroxylation is 1. The van der Waals surface area contributed by atoms with Crippen LogP contribution in [0.25, 0.3) is 10.2 Å². The van der Waals surface area contributed by atoms with E-state index in [0.717, 1.165) is 35.2 Å². The number of aromatic nitrogens is 2. The van der Waals surface area contributed by atoms with Gasteiger partial charge in [0, 0.05) is 4.88 Å². The molecule has 4 nitrogen and oxygen atoms in total. The Morgan fingerprint density at radius 2 is 2.04 bits per heavy atom. The normalized spacial score (nSPS) is 17.1. The van der Waals surface area contributed by atoms with E-state index < -0.39 is 0 Å². The van der Waals surface area contributed by atoms with Gasteiger partial charge in [-0.3, -0.25) is 9.36 Å². The summed E-state index contributed by atoms with van der Waals surface area (Å²) in [6.07, 6.45) is 4.87. The van der Waals surface area contributed by atoms with Gasteiger partial charge in [0.25, 0.3) is 5.56 Å². The Labute approximate surface area is 163 Å². The van der Waals surface area contributed by atoms with Gasteiger partial charge in [0.05, 0.1) is 18.3 Å². The Morgan fingerprint density at radius 1 is 1.26 bits per heavy atom. The molecule has 0 saturated carbocycles. The Hall–Kier alpha value is -2.14. The standard InChI is InChI=1S/C22H26N2O2S/c1-22(2,3)15-9-10-17-18(13-15)27-20-19(17)21(25)24(14-23-20)11-12-26-16-7-5-4-6-8-16/h4-8,14-15H,9-13H2,1-3H3. The number of para-hydroxylation sites is 1. The van der Waals surface area contributed by atoms with Gasteiger partial charge in [-0.05, 0) is 48.3 Å². The van der Waals surface area contributed by atoms with Crippen molar-refractivity contribution in [3.63, 3.8) is 0 Å². The van der Waals surface area contributed by atoms with E-state index in [2.05, 4.69) is 25.8 Å². The summed E-state index contributed by atoms with van der Waals surface area (Å²) in [6.45, 7) is 7.90. The van der Waals surface area contributed by atoms with Crippen LogP contribution in [0.2, 0.25) is 0 Å². The van der Waals surface area contributed by atoms with Crippen LogP contribution >= 0.6 is 11.3 Å². The minimum Gasteiger partial charge on any atom is -0.492 e. The molecule has 1 aliphatic carbocycles.